The number of hydrogen-bond donors (Lipinski definition) is 1. The van der Waals surface area contributed by atoms with Gasteiger partial charge in [0.15, 0.2) is 0 Å². The van der Waals surface area contributed by atoms with Crippen LogP contribution in [-0.4, -0.2) is 0 Å². The van der Waals surface area contributed by atoms with E-state index in [2.05, 4.69) is 11.1 Å². The Morgan fingerprint density at radius 3 is 2.00 bits per heavy atom. The van der Waals surface area contributed by atoms with Gasteiger partial charge in [0.2, 0.25) is 0 Å². The van der Waals surface area contributed by atoms with Crippen LogP contribution in [0.5, 0.6) is 0 Å². The van der Waals surface area contributed by atoms with E-state index >= 15 is 0 Å². The van der Waals surface area contributed by atoms with Crippen LogP contribution in [0.1, 0.15) is 0 Å². The summed E-state index contributed by atoms with van der Waals surface area (Å²) in [4.78, 5) is 0. The van der Waals surface area contributed by atoms with Crippen LogP contribution >= 0.6 is 0 Å². The van der Waals surface area contributed by atoms with Gasteiger partial charge in [0.1, 0.15) is 0 Å². The maximum Gasteiger partial charge on any atom is -0.0867 e. The third-order valence-corrected chi connectivity index (χ3v) is 0.0471. The van der Waals surface area contributed by atoms with Gasteiger partial charge in [-0.3, -0.25) is 0 Å². The Bertz CT molecular complexity index is 18.5. The summed E-state index contributed by atoms with van der Waals surface area (Å²) in [6.45, 7) is 0. The summed E-state index contributed by atoms with van der Waals surface area (Å²) in [6.07, 6.45) is 0. The quantitative estimate of drug-likeness (QED) is 0.239. The molecular formula is H2N3O-. The van der Waals surface area contributed by atoms with Crippen LogP contribution in [0.2, 0.25) is 0 Å². The lowest BCUT2D eigenvalue weighted by Gasteiger charge is -1.74. The maximum absolute atomic E-state index is 8.63. The Kier molecular flexibility index (Phi) is 1.76. The molecule has 0 rings (SSSR count). The summed E-state index contributed by atoms with van der Waals surface area (Å²) in [7, 11) is 0. The summed E-state index contributed by atoms with van der Waals surface area (Å²) in [5, 5.41) is 12.8. The summed E-state index contributed by atoms with van der Waals surface area (Å²) >= 11 is 0. The number of rotatable bonds is 0. The molecule has 0 aliphatic rings. The monoisotopic (exact) mass is 60.0 g/mol. The maximum atomic E-state index is 8.63. The van der Waals surface area contributed by atoms with Crippen molar-refractivity contribution >= 4 is 0 Å². The van der Waals surface area contributed by atoms with Crippen molar-refractivity contribution in [3.05, 3.63) is 5.21 Å². The molecule has 0 unspecified atom stereocenters. The zero-order valence-corrected chi connectivity index (χ0v) is 1.88. The molecule has 0 aromatic carbocycles. The molecule has 24 valence electrons. The van der Waals surface area contributed by atoms with Crippen LogP contribution in [0.25, 0.3) is 0 Å². The van der Waals surface area contributed by atoms with Crippen molar-refractivity contribution in [1.82, 2.24) is 0 Å². The van der Waals surface area contributed by atoms with Crippen molar-refractivity contribution in [3.8, 4) is 0 Å². The highest BCUT2D eigenvalue weighted by molar-refractivity contribution is 4.14. The van der Waals surface area contributed by atoms with Gasteiger partial charge in [-0.2, -0.15) is 5.28 Å². The summed E-state index contributed by atoms with van der Waals surface area (Å²) in [6, 6.07) is 0. The number of hydrogen-bond acceptors (Lipinski definition) is 3. The van der Waals surface area contributed by atoms with Gasteiger partial charge in [-0.1, -0.05) is 5.22 Å². The summed E-state index contributed by atoms with van der Waals surface area (Å²) < 4.78 is 0. The molecule has 0 atom stereocenters. The topological polar surface area (TPSA) is 73.8 Å². The summed E-state index contributed by atoms with van der Waals surface area (Å²) in [5.41, 5.74) is 0. The largest absolute Gasteiger partial charge is 0.774 e. The van der Waals surface area contributed by atoms with Crippen molar-refractivity contribution < 1.29 is 0 Å². The minimum atomic E-state index is 1.89. The normalized spacial score (nSPS) is 9.00. The summed E-state index contributed by atoms with van der Waals surface area (Å²) in [5.74, 6) is 4.17. The molecule has 2 N–H and O–H groups in total. The van der Waals surface area contributed by atoms with Crippen molar-refractivity contribution in [1.29, 1.82) is 0 Å². The smallest absolute Gasteiger partial charge is 0.0867 e. The Hall–Kier alpha value is -0.800. The lowest BCUT2D eigenvalue weighted by atomic mass is 12.7. The van der Waals surface area contributed by atoms with E-state index in [-0.39, 0.29) is 0 Å². The fourth-order valence-corrected chi connectivity index (χ4v) is 0. The molecule has 0 bridgehead atoms. The van der Waals surface area contributed by atoms with Crippen LogP contribution in [0.15, 0.2) is 10.5 Å². The van der Waals surface area contributed by atoms with E-state index in [4.69, 9.17) is 5.21 Å². The fourth-order valence-electron chi connectivity index (χ4n) is 0. The van der Waals surface area contributed by atoms with Crippen LogP contribution < -0.4 is 5.84 Å². The Morgan fingerprint density at radius 1 is 1.75 bits per heavy atom. The van der Waals surface area contributed by atoms with E-state index < -0.39 is 0 Å². The number of nitrogens with two attached hydrogens (primary N) is 1. The van der Waals surface area contributed by atoms with Crippen molar-refractivity contribution in [3.63, 3.8) is 0 Å². The van der Waals surface area contributed by atoms with Gasteiger partial charge in [-0.15, -0.1) is 0 Å². The molecule has 0 fully saturated rings. The molecule has 0 amide bonds. The second-order valence-corrected chi connectivity index (χ2v) is 0.197. The Morgan fingerprint density at radius 2 is 2.00 bits per heavy atom. The fraction of sp³-hybridized carbons (Fsp3) is 0. The van der Waals surface area contributed by atoms with Crippen LogP contribution in [0.3, 0.4) is 0 Å². The third-order valence-electron chi connectivity index (χ3n) is 0.0471. The second kappa shape index (κ2) is 2.20. The van der Waals surface area contributed by atoms with Crippen LogP contribution in [-0.2, 0) is 0 Å². The Labute approximate surface area is 22.9 Å². The van der Waals surface area contributed by atoms with Gasteiger partial charge in [-0.25, -0.2) is 0 Å². The lowest BCUT2D eigenvalue weighted by Crippen LogP contribution is -1.69. The van der Waals surface area contributed by atoms with E-state index in [0.717, 1.165) is 0 Å². The highest BCUT2D eigenvalue weighted by Crippen LogP contribution is 1.46. The molecule has 0 spiro atoms. The standard InChI is InChI=1S/H3N3O/c1-2-3-4/h(H2,1,3)(H,2,4)/p-1. The first kappa shape index (κ1) is 3.20. The highest BCUT2D eigenvalue weighted by atomic mass is 16.5. The van der Waals surface area contributed by atoms with Crippen LogP contribution in [0.4, 0.5) is 0 Å². The highest BCUT2D eigenvalue weighted by Gasteiger charge is 1.17. The zero-order chi connectivity index (χ0) is 3.41. The minimum Gasteiger partial charge on any atom is -0.774 e. The molecule has 4 heavy (non-hydrogen) atoms. The van der Waals surface area contributed by atoms with E-state index in [9.17, 15) is 0 Å². The van der Waals surface area contributed by atoms with Gasteiger partial charge >= 0.3 is 0 Å². The van der Waals surface area contributed by atoms with E-state index in [1.807, 2.05) is 5.28 Å². The number of nitrogens with zero attached hydrogens (tertiary/aromatic N) is 2. The van der Waals surface area contributed by atoms with Crippen molar-refractivity contribution in [2.75, 3.05) is 0 Å². The van der Waals surface area contributed by atoms with Crippen molar-refractivity contribution in [2.45, 2.75) is 0 Å². The van der Waals surface area contributed by atoms with E-state index in [1.54, 1.807) is 0 Å². The zero-order valence-electron chi connectivity index (χ0n) is 1.88. The first-order valence-electron chi connectivity index (χ1n) is 0.641. The molecule has 4 nitrogen and oxygen atoms in total. The average molecular weight is 60.0 g/mol. The molecule has 0 aliphatic heterocycles. The third kappa shape index (κ3) is 1.20. The van der Waals surface area contributed by atoms with Crippen LogP contribution in [0, 0.1) is 5.21 Å². The molecule has 0 radical (unpaired) electrons. The lowest BCUT2D eigenvalue weighted by molar-refractivity contribution is 1.06. The predicted octanol–water partition coefficient (Wildman–Crippen LogP) is -0.190. The molecule has 4 heteroatoms. The first-order chi connectivity index (χ1) is 1.91. The molecule has 0 aromatic heterocycles. The Balaban J connectivity index is 2.55. The SMILES string of the molecule is NN=N[O-]. The van der Waals surface area contributed by atoms with E-state index in [1.165, 1.54) is 0 Å². The molecule has 0 heterocycles. The predicted molar refractivity (Wildman–Crippen MR) is 12.4 cm³/mol. The molecular weight excluding hydrogens is 58.0 g/mol. The van der Waals surface area contributed by atoms with Gasteiger partial charge in [0.25, 0.3) is 0 Å². The molecule has 0 saturated heterocycles. The molecule has 0 saturated carbocycles. The van der Waals surface area contributed by atoms with Crippen molar-refractivity contribution in [2.24, 2.45) is 16.3 Å². The molecule has 0 aliphatic carbocycles. The van der Waals surface area contributed by atoms with Gasteiger partial charge in [0.05, 0.1) is 0 Å². The molecule has 0 aromatic rings. The van der Waals surface area contributed by atoms with Gasteiger partial charge < -0.3 is 11.0 Å². The van der Waals surface area contributed by atoms with Gasteiger partial charge in [-0.05, 0) is 0 Å². The minimum absolute atomic E-state index is 1.89. The van der Waals surface area contributed by atoms with Gasteiger partial charge in [0, 0.05) is 0 Å². The average Bonchev–Trinajstić information content (AvgIpc) is 1.37. The first-order valence-corrected chi connectivity index (χ1v) is 0.641. The second-order valence-electron chi connectivity index (χ2n) is 0.197. The van der Waals surface area contributed by atoms with E-state index in [0.29, 0.717) is 0 Å².